The third kappa shape index (κ3) is 5.69. The van der Waals surface area contributed by atoms with E-state index in [0.29, 0.717) is 25.9 Å². The van der Waals surface area contributed by atoms with Gasteiger partial charge in [-0.3, -0.25) is 4.79 Å². The Morgan fingerprint density at radius 1 is 1.28 bits per heavy atom. The van der Waals surface area contributed by atoms with E-state index < -0.39 is 34.8 Å². The number of halogens is 1. The number of piperidine rings is 1. The molecule has 0 saturated carbocycles. The van der Waals surface area contributed by atoms with Crippen LogP contribution in [0.25, 0.3) is 0 Å². The lowest BCUT2D eigenvalue weighted by Gasteiger charge is -2.44. The van der Waals surface area contributed by atoms with Gasteiger partial charge >= 0.3 is 12.1 Å². The van der Waals surface area contributed by atoms with Gasteiger partial charge in [0, 0.05) is 24.1 Å². The number of rotatable bonds is 5. The second-order valence-electron chi connectivity index (χ2n) is 8.40. The maximum absolute atomic E-state index is 14.5. The minimum Gasteiger partial charge on any atom is -0.466 e. The van der Waals surface area contributed by atoms with E-state index in [9.17, 15) is 19.2 Å². The molecule has 29 heavy (non-hydrogen) atoms. The number of hydrogen-bond donors (Lipinski definition) is 0. The van der Waals surface area contributed by atoms with Crippen molar-refractivity contribution in [2.75, 3.05) is 19.7 Å². The van der Waals surface area contributed by atoms with Crippen LogP contribution in [-0.4, -0.2) is 42.3 Å². The number of nitriles is 1. The minimum absolute atomic E-state index is 0.00441. The standard InChI is InChI=1S/C22H29FN2O4/c1-5-28-19(26)14-22(17(15-24)16-8-6-7-9-18(16)23)10-12-25(13-11-22)20(27)29-21(2,3)4/h6-9,17H,5,10-14H2,1-4H3. The van der Waals surface area contributed by atoms with Crippen molar-refractivity contribution >= 4 is 12.1 Å². The van der Waals surface area contributed by atoms with Crippen LogP contribution in [0.5, 0.6) is 0 Å². The maximum atomic E-state index is 14.5. The zero-order valence-corrected chi connectivity index (χ0v) is 17.5. The van der Waals surface area contributed by atoms with Gasteiger partial charge in [0.1, 0.15) is 11.4 Å². The lowest BCUT2D eigenvalue weighted by atomic mass is 9.64. The quantitative estimate of drug-likeness (QED) is 0.680. The summed E-state index contributed by atoms with van der Waals surface area (Å²) in [5.41, 5.74) is -1.16. The lowest BCUT2D eigenvalue weighted by Crippen LogP contribution is -2.48. The van der Waals surface area contributed by atoms with Crippen molar-refractivity contribution in [3.05, 3.63) is 35.6 Å². The fourth-order valence-corrected chi connectivity index (χ4v) is 3.77. The molecular formula is C22H29FN2O4. The van der Waals surface area contributed by atoms with Crippen LogP contribution in [0.1, 0.15) is 58.4 Å². The normalized spacial score (nSPS) is 17.2. The van der Waals surface area contributed by atoms with Crippen LogP contribution in [0.15, 0.2) is 24.3 Å². The van der Waals surface area contributed by atoms with E-state index in [1.54, 1.807) is 50.8 Å². The fourth-order valence-electron chi connectivity index (χ4n) is 3.77. The first-order chi connectivity index (χ1) is 13.6. The van der Waals surface area contributed by atoms with E-state index in [0.717, 1.165) is 0 Å². The average Bonchev–Trinajstić information content (AvgIpc) is 2.63. The predicted molar refractivity (Wildman–Crippen MR) is 105 cm³/mol. The topological polar surface area (TPSA) is 79.6 Å². The van der Waals surface area contributed by atoms with Gasteiger partial charge in [-0.15, -0.1) is 0 Å². The summed E-state index contributed by atoms with van der Waals surface area (Å²) >= 11 is 0. The van der Waals surface area contributed by atoms with Crippen molar-refractivity contribution in [1.29, 1.82) is 5.26 Å². The molecule has 1 aromatic carbocycles. The summed E-state index contributed by atoms with van der Waals surface area (Å²) in [6.07, 6.45) is 0.312. The SMILES string of the molecule is CCOC(=O)CC1(C(C#N)c2ccccc2F)CCN(C(=O)OC(C)(C)C)CC1. The molecule has 0 aromatic heterocycles. The number of amides is 1. The molecule has 0 radical (unpaired) electrons. The molecule has 1 atom stereocenters. The van der Waals surface area contributed by atoms with Gasteiger partial charge in [0.15, 0.2) is 0 Å². The molecule has 2 rings (SSSR count). The number of hydrogen-bond acceptors (Lipinski definition) is 5. The predicted octanol–water partition coefficient (Wildman–Crippen LogP) is 4.40. The van der Waals surface area contributed by atoms with Crippen LogP contribution in [0.3, 0.4) is 0 Å². The van der Waals surface area contributed by atoms with Crippen LogP contribution in [0, 0.1) is 22.6 Å². The highest BCUT2D eigenvalue weighted by atomic mass is 19.1. The van der Waals surface area contributed by atoms with E-state index in [4.69, 9.17) is 9.47 Å². The third-order valence-electron chi connectivity index (χ3n) is 5.17. The molecule has 1 heterocycles. The minimum atomic E-state index is -0.825. The Kier molecular flexibility index (Phi) is 7.23. The van der Waals surface area contributed by atoms with Gasteiger partial charge < -0.3 is 14.4 Å². The van der Waals surface area contributed by atoms with Crippen molar-refractivity contribution in [2.45, 2.75) is 58.5 Å². The number of esters is 1. The molecular weight excluding hydrogens is 375 g/mol. The first-order valence-electron chi connectivity index (χ1n) is 9.89. The Labute approximate surface area is 171 Å². The van der Waals surface area contributed by atoms with E-state index in [2.05, 4.69) is 6.07 Å². The third-order valence-corrected chi connectivity index (χ3v) is 5.17. The largest absolute Gasteiger partial charge is 0.466 e. The van der Waals surface area contributed by atoms with Crippen LogP contribution in [0.2, 0.25) is 0 Å². The van der Waals surface area contributed by atoms with Gasteiger partial charge in [-0.2, -0.15) is 5.26 Å². The van der Waals surface area contributed by atoms with Gasteiger partial charge in [0.05, 0.1) is 25.0 Å². The Balaban J connectivity index is 2.29. The summed E-state index contributed by atoms with van der Waals surface area (Å²) in [5.74, 6) is -1.72. The number of nitrogens with zero attached hydrogens (tertiary/aromatic N) is 2. The van der Waals surface area contributed by atoms with Gasteiger partial charge in [-0.1, -0.05) is 18.2 Å². The average molecular weight is 404 g/mol. The van der Waals surface area contributed by atoms with Crippen molar-refractivity contribution in [3.8, 4) is 6.07 Å². The molecule has 0 aliphatic carbocycles. The van der Waals surface area contributed by atoms with Crippen molar-refractivity contribution in [1.82, 2.24) is 4.90 Å². The Morgan fingerprint density at radius 3 is 2.41 bits per heavy atom. The molecule has 1 aliphatic heterocycles. The van der Waals surface area contributed by atoms with Crippen molar-refractivity contribution in [3.63, 3.8) is 0 Å². The summed E-state index contributed by atoms with van der Waals surface area (Å²) in [6.45, 7) is 7.98. The number of carbonyl (C=O) groups is 2. The summed E-state index contributed by atoms with van der Waals surface area (Å²) in [6, 6.07) is 8.35. The smallest absolute Gasteiger partial charge is 0.410 e. The van der Waals surface area contributed by atoms with Crippen LogP contribution in [-0.2, 0) is 14.3 Å². The molecule has 1 saturated heterocycles. The fraction of sp³-hybridized carbons (Fsp3) is 0.591. The Bertz CT molecular complexity index is 774. The molecule has 6 nitrogen and oxygen atoms in total. The molecule has 0 bridgehead atoms. The lowest BCUT2D eigenvalue weighted by molar-refractivity contribution is -0.147. The maximum Gasteiger partial charge on any atom is 0.410 e. The molecule has 0 spiro atoms. The van der Waals surface area contributed by atoms with Crippen LogP contribution >= 0.6 is 0 Å². The number of carbonyl (C=O) groups excluding carboxylic acids is 2. The molecule has 1 fully saturated rings. The summed E-state index contributed by atoms with van der Waals surface area (Å²) < 4.78 is 25.0. The summed E-state index contributed by atoms with van der Waals surface area (Å²) in [4.78, 5) is 26.3. The molecule has 1 aliphatic rings. The van der Waals surface area contributed by atoms with E-state index in [1.165, 1.54) is 6.07 Å². The molecule has 0 N–H and O–H groups in total. The molecule has 7 heteroatoms. The first-order valence-corrected chi connectivity index (χ1v) is 9.89. The Morgan fingerprint density at radius 2 is 1.90 bits per heavy atom. The van der Waals surface area contributed by atoms with E-state index in [-0.39, 0.29) is 18.6 Å². The van der Waals surface area contributed by atoms with Gasteiger partial charge in [0.2, 0.25) is 0 Å². The number of ether oxygens (including phenoxy) is 2. The number of likely N-dealkylation sites (tertiary alicyclic amines) is 1. The molecule has 1 aromatic rings. The zero-order chi connectivity index (χ0) is 21.7. The molecule has 158 valence electrons. The summed E-state index contributed by atoms with van der Waals surface area (Å²) in [5, 5.41) is 9.92. The van der Waals surface area contributed by atoms with Crippen LogP contribution in [0.4, 0.5) is 9.18 Å². The first kappa shape index (κ1) is 22.7. The monoisotopic (exact) mass is 404 g/mol. The van der Waals surface area contributed by atoms with Gasteiger partial charge in [0.25, 0.3) is 0 Å². The van der Waals surface area contributed by atoms with E-state index in [1.807, 2.05) is 0 Å². The second-order valence-corrected chi connectivity index (χ2v) is 8.40. The molecule has 1 amide bonds. The Hall–Kier alpha value is -2.62. The second kappa shape index (κ2) is 9.25. The zero-order valence-electron chi connectivity index (χ0n) is 17.5. The van der Waals surface area contributed by atoms with Crippen molar-refractivity contribution < 1.29 is 23.5 Å². The van der Waals surface area contributed by atoms with Crippen molar-refractivity contribution in [2.24, 2.45) is 5.41 Å². The van der Waals surface area contributed by atoms with Gasteiger partial charge in [-0.25, -0.2) is 9.18 Å². The van der Waals surface area contributed by atoms with Crippen LogP contribution < -0.4 is 0 Å². The van der Waals surface area contributed by atoms with E-state index >= 15 is 0 Å². The highest BCUT2D eigenvalue weighted by molar-refractivity contribution is 5.71. The molecule has 1 unspecified atom stereocenters. The number of benzene rings is 1. The highest BCUT2D eigenvalue weighted by Gasteiger charge is 2.46. The summed E-state index contributed by atoms with van der Waals surface area (Å²) in [7, 11) is 0. The van der Waals surface area contributed by atoms with Gasteiger partial charge in [-0.05, 0) is 46.6 Å². The highest BCUT2D eigenvalue weighted by Crippen LogP contribution is 2.48.